The molecule has 2 heterocycles. The van der Waals surface area contributed by atoms with Gasteiger partial charge in [0.05, 0.1) is 13.3 Å². The van der Waals surface area contributed by atoms with E-state index in [1.807, 2.05) is 29.8 Å². The highest BCUT2D eigenvalue weighted by molar-refractivity contribution is 7.71. The molecule has 2 aromatic carbocycles. The summed E-state index contributed by atoms with van der Waals surface area (Å²) in [7, 11) is 0. The Balaban J connectivity index is 1.58. The summed E-state index contributed by atoms with van der Waals surface area (Å²) in [4.78, 5) is 2.48. The van der Waals surface area contributed by atoms with E-state index in [-0.39, 0.29) is 0 Å². The fourth-order valence-electron chi connectivity index (χ4n) is 4.12. The lowest BCUT2D eigenvalue weighted by molar-refractivity contribution is 0.189. The van der Waals surface area contributed by atoms with Crippen LogP contribution in [0.25, 0.3) is 11.4 Å². The number of aromatic nitrogens is 3. The fourth-order valence-corrected chi connectivity index (χ4v) is 4.43. The van der Waals surface area contributed by atoms with Crippen LogP contribution in [0.3, 0.4) is 0 Å². The Hall–Kier alpha value is -2.44. The first-order chi connectivity index (χ1) is 14.2. The summed E-state index contributed by atoms with van der Waals surface area (Å²) in [5.74, 6) is 1.87. The molecule has 0 bridgehead atoms. The monoisotopic (exact) mass is 408 g/mol. The topological polar surface area (TPSA) is 35.2 Å². The molecule has 1 aliphatic rings. The van der Waals surface area contributed by atoms with E-state index in [1.165, 1.54) is 12.0 Å². The van der Waals surface area contributed by atoms with E-state index in [0.29, 0.717) is 19.3 Å². The van der Waals surface area contributed by atoms with Crippen molar-refractivity contribution in [1.82, 2.24) is 19.2 Å². The van der Waals surface area contributed by atoms with E-state index in [9.17, 15) is 0 Å². The van der Waals surface area contributed by atoms with Crippen LogP contribution in [0.15, 0.2) is 54.6 Å². The van der Waals surface area contributed by atoms with Crippen LogP contribution >= 0.6 is 12.2 Å². The molecule has 0 amide bonds. The van der Waals surface area contributed by atoms with Gasteiger partial charge in [0.1, 0.15) is 5.75 Å². The summed E-state index contributed by atoms with van der Waals surface area (Å²) in [5, 5.41) is 4.89. The molecule has 1 fully saturated rings. The van der Waals surface area contributed by atoms with E-state index < -0.39 is 0 Å². The van der Waals surface area contributed by atoms with Crippen molar-refractivity contribution in [2.24, 2.45) is 0 Å². The first-order valence-corrected chi connectivity index (χ1v) is 10.8. The molecular formula is C23H28N4OS. The molecule has 1 unspecified atom stereocenters. The number of nitrogens with zero attached hydrogens (tertiary/aromatic N) is 4. The summed E-state index contributed by atoms with van der Waals surface area (Å²) < 4.78 is 10.5. The van der Waals surface area contributed by atoms with Gasteiger partial charge in [-0.1, -0.05) is 42.5 Å². The van der Waals surface area contributed by atoms with Gasteiger partial charge in [-0.25, -0.2) is 4.68 Å². The summed E-state index contributed by atoms with van der Waals surface area (Å²) in [6.45, 7) is 7.40. The Kier molecular flexibility index (Phi) is 6.11. The molecule has 152 valence electrons. The minimum Gasteiger partial charge on any atom is -0.494 e. The van der Waals surface area contributed by atoms with Crippen LogP contribution in [-0.2, 0) is 13.2 Å². The average molecular weight is 409 g/mol. The second kappa shape index (κ2) is 8.93. The van der Waals surface area contributed by atoms with Gasteiger partial charge in [0.15, 0.2) is 10.6 Å². The zero-order chi connectivity index (χ0) is 20.2. The van der Waals surface area contributed by atoms with E-state index in [0.717, 1.165) is 41.4 Å². The zero-order valence-electron chi connectivity index (χ0n) is 17.1. The number of likely N-dealkylation sites (tertiary alicyclic amines) is 1. The Morgan fingerprint density at radius 3 is 2.52 bits per heavy atom. The third kappa shape index (κ3) is 4.14. The van der Waals surface area contributed by atoms with Gasteiger partial charge in [-0.15, -0.1) is 0 Å². The number of hydrogen-bond donors (Lipinski definition) is 0. The Morgan fingerprint density at radius 2 is 1.83 bits per heavy atom. The standard InChI is InChI=1S/C23H28N4OS/c1-3-26-22(19-9-6-5-7-10-19)24-27(23(26)29)17-25-16-8-11-21(25)18-12-14-20(15-13-18)28-4-2/h5-7,9-10,12-15,21H,3-4,8,11,16-17H2,1-2H3. The van der Waals surface area contributed by atoms with Crippen LogP contribution in [-0.4, -0.2) is 32.4 Å². The van der Waals surface area contributed by atoms with Gasteiger partial charge in [0.25, 0.3) is 0 Å². The molecule has 1 aromatic heterocycles. The van der Waals surface area contributed by atoms with Gasteiger partial charge in [0.2, 0.25) is 0 Å². The van der Waals surface area contributed by atoms with E-state index in [4.69, 9.17) is 22.1 Å². The lowest BCUT2D eigenvalue weighted by Gasteiger charge is -2.24. The molecule has 0 saturated carbocycles. The average Bonchev–Trinajstić information content (AvgIpc) is 3.34. The van der Waals surface area contributed by atoms with Crippen molar-refractivity contribution in [1.29, 1.82) is 0 Å². The van der Waals surface area contributed by atoms with Gasteiger partial charge in [0, 0.05) is 24.7 Å². The van der Waals surface area contributed by atoms with Crippen LogP contribution in [0.2, 0.25) is 0 Å². The summed E-state index contributed by atoms with van der Waals surface area (Å²) in [6, 6.07) is 19.2. The molecule has 0 radical (unpaired) electrons. The second-order valence-electron chi connectivity index (χ2n) is 7.33. The molecular weight excluding hydrogens is 380 g/mol. The quantitative estimate of drug-likeness (QED) is 0.497. The normalized spacial score (nSPS) is 17.0. The van der Waals surface area contributed by atoms with Crippen molar-refractivity contribution in [3.05, 3.63) is 64.9 Å². The Bertz CT molecular complexity index is 994. The van der Waals surface area contributed by atoms with Crippen LogP contribution in [0.5, 0.6) is 5.75 Å². The van der Waals surface area contributed by atoms with Gasteiger partial charge >= 0.3 is 0 Å². The predicted octanol–water partition coefficient (Wildman–Crippen LogP) is 5.29. The van der Waals surface area contributed by atoms with Gasteiger partial charge in [-0.2, -0.15) is 5.10 Å². The Morgan fingerprint density at radius 1 is 1.07 bits per heavy atom. The van der Waals surface area contributed by atoms with Crippen LogP contribution < -0.4 is 4.74 Å². The minimum atomic E-state index is 0.388. The fraction of sp³-hybridized carbons (Fsp3) is 0.391. The molecule has 1 aliphatic heterocycles. The number of ether oxygens (including phenoxy) is 1. The molecule has 0 N–H and O–H groups in total. The molecule has 0 spiro atoms. The summed E-state index contributed by atoms with van der Waals surface area (Å²) >= 11 is 5.77. The Labute approximate surface area is 177 Å². The van der Waals surface area contributed by atoms with Crippen LogP contribution in [0.4, 0.5) is 0 Å². The second-order valence-corrected chi connectivity index (χ2v) is 7.70. The number of benzene rings is 2. The molecule has 0 aliphatic carbocycles. The largest absolute Gasteiger partial charge is 0.494 e. The smallest absolute Gasteiger partial charge is 0.199 e. The van der Waals surface area contributed by atoms with Crippen molar-refractivity contribution in [2.75, 3.05) is 13.2 Å². The maximum absolute atomic E-state index is 5.77. The van der Waals surface area contributed by atoms with Crippen LogP contribution in [0.1, 0.15) is 38.3 Å². The first kappa shape index (κ1) is 19.9. The number of rotatable bonds is 7. The third-order valence-electron chi connectivity index (χ3n) is 5.53. The van der Waals surface area contributed by atoms with Gasteiger partial charge in [-0.3, -0.25) is 4.90 Å². The van der Waals surface area contributed by atoms with Gasteiger partial charge < -0.3 is 9.30 Å². The molecule has 3 aromatic rings. The predicted molar refractivity (Wildman–Crippen MR) is 118 cm³/mol. The summed E-state index contributed by atoms with van der Waals surface area (Å²) in [5.41, 5.74) is 2.43. The molecule has 29 heavy (non-hydrogen) atoms. The maximum atomic E-state index is 5.77. The number of hydrogen-bond acceptors (Lipinski definition) is 4. The maximum Gasteiger partial charge on any atom is 0.199 e. The molecule has 6 heteroatoms. The van der Waals surface area contributed by atoms with E-state index in [1.54, 1.807) is 0 Å². The van der Waals surface area contributed by atoms with Crippen molar-refractivity contribution in [3.63, 3.8) is 0 Å². The van der Waals surface area contributed by atoms with Crippen molar-refractivity contribution in [3.8, 4) is 17.1 Å². The lowest BCUT2D eigenvalue weighted by atomic mass is 10.0. The molecule has 1 atom stereocenters. The van der Waals surface area contributed by atoms with Crippen molar-refractivity contribution >= 4 is 12.2 Å². The van der Waals surface area contributed by atoms with Gasteiger partial charge in [-0.05, 0) is 56.6 Å². The minimum absolute atomic E-state index is 0.388. The molecule has 5 nitrogen and oxygen atoms in total. The van der Waals surface area contributed by atoms with Crippen molar-refractivity contribution in [2.45, 2.75) is 45.9 Å². The highest BCUT2D eigenvalue weighted by atomic mass is 32.1. The highest BCUT2D eigenvalue weighted by Gasteiger charge is 2.27. The zero-order valence-corrected chi connectivity index (χ0v) is 17.9. The third-order valence-corrected chi connectivity index (χ3v) is 5.96. The molecule has 4 rings (SSSR count). The van der Waals surface area contributed by atoms with Crippen LogP contribution in [0, 0.1) is 4.77 Å². The molecule has 1 saturated heterocycles. The van der Waals surface area contributed by atoms with Crippen molar-refractivity contribution < 1.29 is 4.74 Å². The van der Waals surface area contributed by atoms with E-state index in [2.05, 4.69) is 52.8 Å². The highest BCUT2D eigenvalue weighted by Crippen LogP contribution is 2.33. The lowest BCUT2D eigenvalue weighted by Crippen LogP contribution is -2.27. The first-order valence-electron chi connectivity index (χ1n) is 10.4. The summed E-state index contributed by atoms with van der Waals surface area (Å²) in [6.07, 6.45) is 2.34. The SMILES string of the molecule is CCOc1ccc(C2CCCN2Cn2nc(-c3ccccc3)n(CC)c2=S)cc1. The van der Waals surface area contributed by atoms with E-state index >= 15 is 0 Å².